The van der Waals surface area contributed by atoms with Crippen LogP contribution in [-0.2, 0) is 14.8 Å². The maximum atomic E-state index is 13.2. The molecule has 0 N–H and O–H groups in total. The molecule has 0 aliphatic carbocycles. The molecular weight excluding hydrogens is 424 g/mol. The Morgan fingerprint density at radius 2 is 2.10 bits per heavy atom. The van der Waals surface area contributed by atoms with Gasteiger partial charge in [-0.3, -0.25) is 14.9 Å². The van der Waals surface area contributed by atoms with Crippen LogP contribution < -0.4 is 0 Å². The van der Waals surface area contributed by atoms with Gasteiger partial charge in [-0.15, -0.1) is 0 Å². The molecular formula is C20H26N4O6S. The summed E-state index contributed by atoms with van der Waals surface area (Å²) in [5.74, 6) is -0.477. The molecule has 1 amide bonds. The van der Waals surface area contributed by atoms with Crippen molar-refractivity contribution >= 4 is 21.6 Å². The predicted molar refractivity (Wildman–Crippen MR) is 112 cm³/mol. The van der Waals surface area contributed by atoms with Gasteiger partial charge in [0.05, 0.1) is 16.9 Å². The number of nitrogens with zero attached hydrogens (tertiary/aromatic N) is 4. The molecule has 0 saturated carbocycles. The fourth-order valence-electron chi connectivity index (χ4n) is 3.93. The minimum Gasteiger partial charge on any atom is -0.360 e. The number of nitro groups is 1. The summed E-state index contributed by atoms with van der Waals surface area (Å²) in [4.78, 5) is 25.3. The zero-order valence-electron chi connectivity index (χ0n) is 17.9. The fraction of sp³-hybridized carbons (Fsp3) is 0.500. The van der Waals surface area contributed by atoms with Crippen LogP contribution in [0.4, 0.5) is 5.69 Å². The fourth-order valence-corrected chi connectivity index (χ4v) is 5.75. The van der Waals surface area contributed by atoms with Gasteiger partial charge in [0.15, 0.2) is 5.76 Å². The number of benzene rings is 1. The van der Waals surface area contributed by atoms with E-state index in [1.165, 1.54) is 21.3 Å². The molecule has 1 aromatic carbocycles. The lowest BCUT2D eigenvalue weighted by atomic mass is 9.96. The van der Waals surface area contributed by atoms with Crippen molar-refractivity contribution in [2.24, 2.45) is 5.92 Å². The highest BCUT2D eigenvalue weighted by atomic mass is 32.2. The second-order valence-corrected chi connectivity index (χ2v) is 9.71. The van der Waals surface area contributed by atoms with Gasteiger partial charge in [0.25, 0.3) is 5.69 Å². The number of hydrogen-bond donors (Lipinski definition) is 0. The molecule has 2 heterocycles. The monoisotopic (exact) mass is 450 g/mol. The Morgan fingerprint density at radius 1 is 1.39 bits per heavy atom. The maximum absolute atomic E-state index is 13.2. The minimum atomic E-state index is -3.83. The van der Waals surface area contributed by atoms with Crippen molar-refractivity contribution < 1.29 is 22.7 Å². The molecule has 0 bridgehead atoms. The van der Waals surface area contributed by atoms with E-state index in [1.54, 1.807) is 40.0 Å². The van der Waals surface area contributed by atoms with Crippen molar-refractivity contribution in [3.63, 3.8) is 0 Å². The van der Waals surface area contributed by atoms with Gasteiger partial charge in [0, 0.05) is 32.3 Å². The van der Waals surface area contributed by atoms with E-state index < -0.39 is 26.9 Å². The van der Waals surface area contributed by atoms with Gasteiger partial charge in [-0.1, -0.05) is 17.3 Å². The van der Waals surface area contributed by atoms with E-state index in [0.29, 0.717) is 30.6 Å². The largest absolute Gasteiger partial charge is 0.360 e. The second-order valence-electron chi connectivity index (χ2n) is 7.83. The van der Waals surface area contributed by atoms with E-state index in [-0.39, 0.29) is 28.8 Å². The summed E-state index contributed by atoms with van der Waals surface area (Å²) in [6, 6.07) is 5.76. The SMILES string of the molecule is Cc1noc(C)c1S(=O)(=O)N1CCCC(C(=O)N(C)C(C)c2cccc([N+](=O)[O-])c2)C1. The van der Waals surface area contributed by atoms with Crippen LogP contribution in [-0.4, -0.2) is 53.7 Å². The lowest BCUT2D eigenvalue weighted by Gasteiger charge is -2.35. The first-order chi connectivity index (χ1) is 14.5. The molecule has 3 rings (SSSR count). The number of amides is 1. The lowest BCUT2D eigenvalue weighted by molar-refractivity contribution is -0.384. The Balaban J connectivity index is 1.77. The van der Waals surface area contributed by atoms with Crippen molar-refractivity contribution in [2.45, 2.75) is 44.6 Å². The molecule has 1 aromatic heterocycles. The van der Waals surface area contributed by atoms with Gasteiger partial charge in [0.2, 0.25) is 15.9 Å². The van der Waals surface area contributed by atoms with E-state index in [0.717, 1.165) is 0 Å². The summed E-state index contributed by atoms with van der Waals surface area (Å²) < 4.78 is 32.6. The molecule has 0 spiro atoms. The topological polar surface area (TPSA) is 127 Å². The van der Waals surface area contributed by atoms with Crippen molar-refractivity contribution in [3.8, 4) is 0 Å². The number of piperidine rings is 1. The highest BCUT2D eigenvalue weighted by Gasteiger charge is 2.38. The summed E-state index contributed by atoms with van der Waals surface area (Å²) in [5.41, 5.74) is 0.892. The Kier molecular flexibility index (Phi) is 6.46. The molecule has 1 aliphatic rings. The first-order valence-corrected chi connectivity index (χ1v) is 11.4. The third kappa shape index (κ3) is 4.47. The van der Waals surface area contributed by atoms with Gasteiger partial charge in [-0.2, -0.15) is 4.31 Å². The average molecular weight is 451 g/mol. The number of rotatable bonds is 6. The van der Waals surface area contributed by atoms with E-state index in [2.05, 4.69) is 5.16 Å². The van der Waals surface area contributed by atoms with E-state index in [4.69, 9.17) is 4.52 Å². The Labute approximate surface area is 181 Å². The molecule has 1 fully saturated rings. The Bertz CT molecular complexity index is 1080. The predicted octanol–water partition coefficient (Wildman–Crippen LogP) is 2.82. The molecule has 168 valence electrons. The van der Waals surface area contributed by atoms with Crippen LogP contribution in [0, 0.1) is 29.9 Å². The smallest absolute Gasteiger partial charge is 0.269 e. The molecule has 2 unspecified atom stereocenters. The third-order valence-corrected chi connectivity index (χ3v) is 7.90. The second kappa shape index (κ2) is 8.75. The number of sulfonamides is 1. The first-order valence-electron chi connectivity index (χ1n) is 9.98. The minimum absolute atomic E-state index is 0.0420. The molecule has 2 atom stereocenters. The number of carbonyl (C=O) groups is 1. The van der Waals surface area contributed by atoms with Crippen LogP contribution in [0.2, 0.25) is 0 Å². The quantitative estimate of drug-likeness (QED) is 0.489. The van der Waals surface area contributed by atoms with Crippen LogP contribution >= 0.6 is 0 Å². The molecule has 11 heteroatoms. The summed E-state index contributed by atoms with van der Waals surface area (Å²) in [7, 11) is -2.20. The Hall–Kier alpha value is -2.79. The molecule has 0 radical (unpaired) electrons. The number of hydrogen-bond acceptors (Lipinski definition) is 7. The normalized spacial score (nSPS) is 18.5. The zero-order chi connectivity index (χ0) is 22.9. The van der Waals surface area contributed by atoms with Crippen LogP contribution in [0.3, 0.4) is 0 Å². The highest BCUT2D eigenvalue weighted by molar-refractivity contribution is 7.89. The molecule has 10 nitrogen and oxygen atoms in total. The number of aryl methyl sites for hydroxylation is 2. The van der Waals surface area contributed by atoms with Gasteiger partial charge >= 0.3 is 0 Å². The Morgan fingerprint density at radius 3 is 2.71 bits per heavy atom. The number of non-ortho nitro benzene ring substituents is 1. The van der Waals surface area contributed by atoms with E-state index >= 15 is 0 Å². The summed E-state index contributed by atoms with van der Waals surface area (Å²) in [5, 5.41) is 14.8. The van der Waals surface area contributed by atoms with E-state index in [1.807, 2.05) is 0 Å². The van der Waals surface area contributed by atoms with Gasteiger partial charge < -0.3 is 9.42 Å². The van der Waals surface area contributed by atoms with Crippen molar-refractivity contribution in [3.05, 3.63) is 51.4 Å². The van der Waals surface area contributed by atoms with Crippen molar-refractivity contribution in [1.82, 2.24) is 14.4 Å². The standard InChI is InChI=1S/C20H26N4O6S/c1-13-19(15(3)30-21-13)31(28,29)23-10-6-8-17(12-23)20(25)22(4)14(2)16-7-5-9-18(11-16)24(26)27/h5,7,9,11,14,17H,6,8,10,12H2,1-4H3. The molecule has 2 aromatic rings. The van der Waals surface area contributed by atoms with Crippen molar-refractivity contribution in [1.29, 1.82) is 0 Å². The highest BCUT2D eigenvalue weighted by Crippen LogP contribution is 2.30. The molecule has 1 saturated heterocycles. The third-order valence-electron chi connectivity index (χ3n) is 5.79. The number of aromatic nitrogens is 1. The van der Waals surface area contributed by atoms with Gasteiger partial charge in [0.1, 0.15) is 10.6 Å². The van der Waals surface area contributed by atoms with Crippen LogP contribution in [0.1, 0.15) is 42.8 Å². The summed E-state index contributed by atoms with van der Waals surface area (Å²) in [6.07, 6.45) is 1.12. The van der Waals surface area contributed by atoms with Gasteiger partial charge in [-0.05, 0) is 39.2 Å². The lowest BCUT2D eigenvalue weighted by Crippen LogP contribution is -2.46. The van der Waals surface area contributed by atoms with E-state index in [9.17, 15) is 23.3 Å². The van der Waals surface area contributed by atoms with Crippen LogP contribution in [0.15, 0.2) is 33.7 Å². The summed E-state index contributed by atoms with van der Waals surface area (Å²) in [6.45, 7) is 5.30. The molecule has 31 heavy (non-hydrogen) atoms. The maximum Gasteiger partial charge on any atom is 0.269 e. The van der Waals surface area contributed by atoms with Gasteiger partial charge in [-0.25, -0.2) is 8.42 Å². The number of carbonyl (C=O) groups excluding carboxylic acids is 1. The number of nitro benzene ring substituents is 1. The molecule has 1 aliphatic heterocycles. The summed E-state index contributed by atoms with van der Waals surface area (Å²) >= 11 is 0. The van der Waals surface area contributed by atoms with Crippen LogP contribution in [0.5, 0.6) is 0 Å². The zero-order valence-corrected chi connectivity index (χ0v) is 18.8. The van der Waals surface area contributed by atoms with Crippen LogP contribution in [0.25, 0.3) is 0 Å². The average Bonchev–Trinajstić information content (AvgIpc) is 3.10. The first kappa shape index (κ1) is 22.9. The van der Waals surface area contributed by atoms with Crippen molar-refractivity contribution in [2.75, 3.05) is 20.1 Å².